The molecule has 2 N–H and O–H groups in total. The molecule has 1 saturated heterocycles. The van der Waals surface area contributed by atoms with Crippen LogP contribution in [-0.4, -0.2) is 48.9 Å². The van der Waals surface area contributed by atoms with E-state index < -0.39 is 5.91 Å². The van der Waals surface area contributed by atoms with Gasteiger partial charge in [0.15, 0.2) is 0 Å². The van der Waals surface area contributed by atoms with E-state index in [4.69, 9.17) is 14.9 Å². The van der Waals surface area contributed by atoms with Crippen molar-refractivity contribution in [3.63, 3.8) is 0 Å². The number of amides is 1. The molecule has 0 saturated carbocycles. The summed E-state index contributed by atoms with van der Waals surface area (Å²) in [5, 5.41) is 11.6. The minimum atomic E-state index is -0.513. The SMILES string of the molecule is C=C(OCC(=N)C(=O)Nc1cnsc1N1CCOCC1)c1ccccc1. The third-order valence-electron chi connectivity index (χ3n) is 3.86. The highest BCUT2D eigenvalue weighted by atomic mass is 32.1. The number of nitrogens with zero attached hydrogens (tertiary/aromatic N) is 2. The average Bonchev–Trinajstić information content (AvgIpc) is 3.15. The molecule has 1 aliphatic heterocycles. The van der Waals surface area contributed by atoms with Crippen LogP contribution in [0.15, 0.2) is 43.1 Å². The fourth-order valence-corrected chi connectivity index (χ4v) is 3.20. The first kappa shape index (κ1) is 18.1. The van der Waals surface area contributed by atoms with E-state index in [-0.39, 0.29) is 12.3 Å². The maximum Gasteiger partial charge on any atom is 0.273 e. The van der Waals surface area contributed by atoms with Gasteiger partial charge in [0.25, 0.3) is 5.91 Å². The van der Waals surface area contributed by atoms with Crippen LogP contribution in [0.1, 0.15) is 5.56 Å². The van der Waals surface area contributed by atoms with Gasteiger partial charge in [0.1, 0.15) is 23.1 Å². The highest BCUT2D eigenvalue weighted by Crippen LogP contribution is 2.30. The van der Waals surface area contributed by atoms with Crippen molar-refractivity contribution in [2.24, 2.45) is 0 Å². The van der Waals surface area contributed by atoms with Gasteiger partial charge in [0.05, 0.1) is 25.1 Å². The molecule has 0 unspecified atom stereocenters. The molecule has 7 nitrogen and oxygen atoms in total. The maximum absolute atomic E-state index is 12.3. The molecule has 0 radical (unpaired) electrons. The zero-order valence-electron chi connectivity index (χ0n) is 14.2. The van der Waals surface area contributed by atoms with E-state index >= 15 is 0 Å². The second-order valence-corrected chi connectivity index (χ2v) is 6.43. The summed E-state index contributed by atoms with van der Waals surface area (Å²) in [6.45, 7) is 6.48. The lowest BCUT2D eigenvalue weighted by atomic mass is 10.2. The van der Waals surface area contributed by atoms with Crippen LogP contribution in [0, 0.1) is 5.41 Å². The van der Waals surface area contributed by atoms with Crippen molar-refractivity contribution < 1.29 is 14.3 Å². The highest BCUT2D eigenvalue weighted by molar-refractivity contribution is 7.11. The minimum Gasteiger partial charge on any atom is -0.487 e. The average molecular weight is 372 g/mol. The van der Waals surface area contributed by atoms with Gasteiger partial charge >= 0.3 is 0 Å². The van der Waals surface area contributed by atoms with Crippen LogP contribution in [0.4, 0.5) is 10.7 Å². The molecule has 1 amide bonds. The Morgan fingerprint density at radius 2 is 2.08 bits per heavy atom. The lowest BCUT2D eigenvalue weighted by Gasteiger charge is -2.27. The van der Waals surface area contributed by atoms with Gasteiger partial charge in [0.2, 0.25) is 0 Å². The number of benzene rings is 1. The number of nitrogens with one attached hydrogen (secondary N) is 2. The first-order chi connectivity index (χ1) is 12.6. The van der Waals surface area contributed by atoms with E-state index in [1.165, 1.54) is 11.5 Å². The highest BCUT2D eigenvalue weighted by Gasteiger charge is 2.20. The van der Waals surface area contributed by atoms with E-state index in [0.29, 0.717) is 24.7 Å². The molecule has 136 valence electrons. The van der Waals surface area contributed by atoms with Gasteiger partial charge in [-0.05, 0) is 11.5 Å². The van der Waals surface area contributed by atoms with Gasteiger partial charge in [0, 0.05) is 18.7 Å². The van der Waals surface area contributed by atoms with Gasteiger partial charge in [-0.3, -0.25) is 10.2 Å². The van der Waals surface area contributed by atoms with Crippen molar-refractivity contribution in [3.8, 4) is 0 Å². The van der Waals surface area contributed by atoms with E-state index in [9.17, 15) is 4.79 Å². The smallest absolute Gasteiger partial charge is 0.273 e. The van der Waals surface area contributed by atoms with Crippen LogP contribution in [-0.2, 0) is 14.3 Å². The standard InChI is InChI=1S/C18H20N4O3S/c1-13(14-5-3-2-4-6-14)25-12-15(19)17(23)21-16-11-20-26-18(16)22-7-9-24-10-8-22/h2-6,11,19H,1,7-10,12H2,(H,21,23). The Morgan fingerprint density at radius 3 is 2.81 bits per heavy atom. The van der Waals surface area contributed by atoms with Crippen molar-refractivity contribution in [1.82, 2.24) is 4.37 Å². The summed E-state index contributed by atoms with van der Waals surface area (Å²) in [4.78, 5) is 14.4. The van der Waals surface area contributed by atoms with E-state index in [0.717, 1.165) is 23.7 Å². The van der Waals surface area contributed by atoms with Crippen molar-refractivity contribution in [3.05, 3.63) is 48.7 Å². The van der Waals surface area contributed by atoms with Crippen LogP contribution in [0.25, 0.3) is 5.76 Å². The zero-order chi connectivity index (χ0) is 18.4. The predicted octanol–water partition coefficient (Wildman–Crippen LogP) is 2.63. The number of anilines is 2. The van der Waals surface area contributed by atoms with Crippen molar-refractivity contribution in [2.45, 2.75) is 0 Å². The number of ether oxygens (including phenoxy) is 2. The van der Waals surface area contributed by atoms with E-state index in [1.54, 1.807) is 6.20 Å². The molecule has 8 heteroatoms. The number of rotatable bonds is 7. The molecule has 1 fully saturated rings. The summed E-state index contributed by atoms with van der Waals surface area (Å²) < 4.78 is 15.0. The molecular weight excluding hydrogens is 352 g/mol. The van der Waals surface area contributed by atoms with Crippen LogP contribution in [0.3, 0.4) is 0 Å². The summed E-state index contributed by atoms with van der Waals surface area (Å²) in [6, 6.07) is 9.36. The topological polar surface area (TPSA) is 87.5 Å². The van der Waals surface area contributed by atoms with Gasteiger partial charge in [-0.2, -0.15) is 4.37 Å². The molecule has 0 aliphatic carbocycles. The van der Waals surface area contributed by atoms with E-state index in [1.807, 2.05) is 30.3 Å². The lowest BCUT2D eigenvalue weighted by Crippen LogP contribution is -2.36. The van der Waals surface area contributed by atoms with Gasteiger partial charge in [-0.15, -0.1) is 0 Å². The van der Waals surface area contributed by atoms with Crippen LogP contribution < -0.4 is 10.2 Å². The van der Waals surface area contributed by atoms with Crippen LogP contribution in [0.2, 0.25) is 0 Å². The maximum atomic E-state index is 12.3. The Labute approximate surface area is 155 Å². The number of carbonyl (C=O) groups excluding carboxylic acids is 1. The third-order valence-corrected chi connectivity index (χ3v) is 4.72. The molecule has 1 aliphatic rings. The molecule has 3 rings (SSSR count). The van der Waals surface area contributed by atoms with Crippen molar-refractivity contribution in [1.29, 1.82) is 5.41 Å². The van der Waals surface area contributed by atoms with Crippen molar-refractivity contribution in [2.75, 3.05) is 43.1 Å². The number of hydrogen-bond donors (Lipinski definition) is 2. The molecule has 0 atom stereocenters. The lowest BCUT2D eigenvalue weighted by molar-refractivity contribution is -0.110. The predicted molar refractivity (Wildman–Crippen MR) is 103 cm³/mol. The van der Waals surface area contributed by atoms with Crippen LogP contribution in [0.5, 0.6) is 0 Å². The Kier molecular flexibility index (Phi) is 5.98. The van der Waals surface area contributed by atoms with Gasteiger partial charge < -0.3 is 19.7 Å². The largest absolute Gasteiger partial charge is 0.487 e. The molecule has 2 aromatic rings. The number of morpholine rings is 1. The molecule has 0 spiro atoms. The first-order valence-corrected chi connectivity index (χ1v) is 8.96. The van der Waals surface area contributed by atoms with Crippen LogP contribution >= 0.6 is 11.5 Å². The number of aromatic nitrogens is 1. The molecule has 1 aromatic heterocycles. The van der Waals surface area contributed by atoms with E-state index in [2.05, 4.69) is 21.2 Å². The van der Waals surface area contributed by atoms with Gasteiger partial charge in [-0.25, -0.2) is 0 Å². The fraction of sp³-hybridized carbons (Fsp3) is 0.278. The summed E-state index contributed by atoms with van der Waals surface area (Å²) in [7, 11) is 0. The fourth-order valence-electron chi connectivity index (χ4n) is 2.44. The number of hydrogen-bond acceptors (Lipinski definition) is 7. The van der Waals surface area contributed by atoms with Crippen molar-refractivity contribution >= 4 is 39.6 Å². The third kappa shape index (κ3) is 4.47. The van der Waals surface area contributed by atoms with Gasteiger partial charge in [-0.1, -0.05) is 36.9 Å². The monoisotopic (exact) mass is 372 g/mol. The molecular formula is C18H20N4O3S. The second-order valence-electron chi connectivity index (χ2n) is 5.65. The first-order valence-electron chi connectivity index (χ1n) is 8.18. The quantitative estimate of drug-likeness (QED) is 0.576. The Bertz CT molecular complexity index is 785. The minimum absolute atomic E-state index is 0.149. The molecule has 2 heterocycles. The summed E-state index contributed by atoms with van der Waals surface area (Å²) in [6.07, 6.45) is 1.60. The zero-order valence-corrected chi connectivity index (χ0v) is 15.1. The molecule has 1 aromatic carbocycles. The summed E-state index contributed by atoms with van der Waals surface area (Å²) in [5.74, 6) is -0.0880. The summed E-state index contributed by atoms with van der Waals surface area (Å²) in [5.41, 5.74) is 1.24. The normalized spacial score (nSPS) is 13.9. The number of carbonyl (C=O) groups is 1. The Morgan fingerprint density at radius 1 is 1.35 bits per heavy atom. The molecule has 0 bridgehead atoms. The second kappa shape index (κ2) is 8.59. The Balaban J connectivity index is 1.54. The summed E-state index contributed by atoms with van der Waals surface area (Å²) >= 11 is 1.32. The molecule has 26 heavy (non-hydrogen) atoms. The Hall–Kier alpha value is -2.71.